The first-order valence-electron chi connectivity index (χ1n) is 10.0. The van der Waals surface area contributed by atoms with Crippen LogP contribution in [-0.2, 0) is 10.0 Å². The van der Waals surface area contributed by atoms with Crippen LogP contribution in [0.4, 0.5) is 0 Å². The van der Waals surface area contributed by atoms with Crippen molar-refractivity contribution in [2.24, 2.45) is 0 Å². The van der Waals surface area contributed by atoms with E-state index in [0.717, 1.165) is 44.4 Å². The molecule has 0 aliphatic rings. The van der Waals surface area contributed by atoms with Crippen LogP contribution < -0.4 is 4.72 Å². The molecule has 0 amide bonds. The zero-order chi connectivity index (χ0) is 21.5. The van der Waals surface area contributed by atoms with Crippen LogP contribution in [0.15, 0.2) is 71.6 Å². The molecule has 4 aromatic rings. The second kappa shape index (κ2) is 7.74. The number of nitrogens with one attached hydrogen (secondary N) is 2. The second-order valence-electron chi connectivity index (χ2n) is 7.89. The predicted molar refractivity (Wildman–Crippen MR) is 122 cm³/mol. The van der Waals surface area contributed by atoms with Crippen molar-refractivity contribution in [3.8, 4) is 0 Å². The number of aryl methyl sites for hydroxylation is 4. The Morgan fingerprint density at radius 1 is 0.800 bits per heavy atom. The van der Waals surface area contributed by atoms with Crippen LogP contribution in [-0.4, -0.2) is 13.4 Å². The summed E-state index contributed by atoms with van der Waals surface area (Å²) in [5.41, 5.74) is 7.09. The molecule has 0 aliphatic carbocycles. The van der Waals surface area contributed by atoms with E-state index in [1.807, 2.05) is 69.3 Å². The summed E-state index contributed by atoms with van der Waals surface area (Å²) in [5, 5.41) is 1.03. The van der Waals surface area contributed by atoms with Crippen LogP contribution in [0.1, 0.15) is 39.6 Å². The summed E-state index contributed by atoms with van der Waals surface area (Å²) in [7, 11) is -3.73. The molecule has 1 unspecified atom stereocenters. The summed E-state index contributed by atoms with van der Waals surface area (Å²) in [6.07, 6.45) is 0. The molecule has 0 fully saturated rings. The zero-order valence-corrected chi connectivity index (χ0v) is 18.5. The minimum absolute atomic E-state index is 0.264. The third kappa shape index (κ3) is 3.66. The largest absolute Gasteiger partial charge is 0.358 e. The fourth-order valence-electron chi connectivity index (χ4n) is 4.02. The topological polar surface area (TPSA) is 62.0 Å². The van der Waals surface area contributed by atoms with Crippen LogP contribution in [0.3, 0.4) is 0 Å². The normalized spacial score (nSPS) is 12.9. The highest BCUT2D eigenvalue weighted by Crippen LogP contribution is 2.35. The van der Waals surface area contributed by atoms with Gasteiger partial charge in [0.2, 0.25) is 10.0 Å². The summed E-state index contributed by atoms with van der Waals surface area (Å²) in [6, 6.07) is 20.5. The lowest BCUT2D eigenvalue weighted by atomic mass is 9.93. The second-order valence-corrected chi connectivity index (χ2v) is 9.60. The molecule has 0 saturated carbocycles. The lowest BCUT2D eigenvalue weighted by Crippen LogP contribution is -2.30. The van der Waals surface area contributed by atoms with Gasteiger partial charge in [-0.05, 0) is 56.5 Å². The van der Waals surface area contributed by atoms with E-state index in [-0.39, 0.29) is 4.90 Å². The maximum Gasteiger partial charge on any atom is 0.241 e. The molecular formula is C25H26N2O2S. The Morgan fingerprint density at radius 3 is 2.17 bits per heavy atom. The Kier molecular flexibility index (Phi) is 5.26. The molecule has 0 spiro atoms. The fraction of sp³-hybridized carbons (Fsp3) is 0.200. The molecule has 1 aromatic heterocycles. The van der Waals surface area contributed by atoms with E-state index >= 15 is 0 Å². The van der Waals surface area contributed by atoms with E-state index in [1.54, 1.807) is 12.1 Å². The molecule has 0 radical (unpaired) electrons. The molecular weight excluding hydrogens is 392 g/mol. The van der Waals surface area contributed by atoms with Crippen molar-refractivity contribution in [3.63, 3.8) is 0 Å². The van der Waals surface area contributed by atoms with E-state index in [2.05, 4.69) is 22.7 Å². The predicted octanol–water partition coefficient (Wildman–Crippen LogP) is 5.47. The van der Waals surface area contributed by atoms with Gasteiger partial charge >= 0.3 is 0 Å². The molecule has 1 heterocycles. The van der Waals surface area contributed by atoms with Crippen LogP contribution in [0.5, 0.6) is 0 Å². The first-order valence-corrected chi connectivity index (χ1v) is 11.5. The van der Waals surface area contributed by atoms with Crippen molar-refractivity contribution in [2.45, 2.75) is 38.6 Å². The number of aromatic nitrogens is 1. The number of hydrogen-bond acceptors (Lipinski definition) is 2. The molecule has 5 heteroatoms. The number of fused-ring (bicyclic) bond motifs is 1. The van der Waals surface area contributed by atoms with Gasteiger partial charge in [0, 0.05) is 22.2 Å². The summed E-state index contributed by atoms with van der Waals surface area (Å²) < 4.78 is 29.6. The molecule has 4 rings (SSSR count). The van der Waals surface area contributed by atoms with Crippen LogP contribution in [0.2, 0.25) is 0 Å². The number of aromatic amines is 1. The first kappa shape index (κ1) is 20.4. The van der Waals surface area contributed by atoms with Gasteiger partial charge in [-0.15, -0.1) is 0 Å². The fourth-order valence-corrected chi connectivity index (χ4v) is 5.20. The summed E-state index contributed by atoms with van der Waals surface area (Å²) in [4.78, 5) is 3.73. The SMILES string of the molecule is Cc1ccc(S(=O)(=O)NC(c2ccccc2C)c2c(C)[nH]c3c(C)cccc23)cc1. The van der Waals surface area contributed by atoms with Crippen molar-refractivity contribution in [1.29, 1.82) is 0 Å². The van der Waals surface area contributed by atoms with Crippen molar-refractivity contribution in [2.75, 3.05) is 0 Å². The maximum atomic E-state index is 13.3. The van der Waals surface area contributed by atoms with Crippen LogP contribution in [0.25, 0.3) is 10.9 Å². The van der Waals surface area contributed by atoms with Gasteiger partial charge in [0.1, 0.15) is 0 Å². The highest BCUT2D eigenvalue weighted by Gasteiger charge is 2.28. The maximum absolute atomic E-state index is 13.3. The van der Waals surface area contributed by atoms with Crippen molar-refractivity contribution < 1.29 is 8.42 Å². The van der Waals surface area contributed by atoms with Gasteiger partial charge in [0.05, 0.1) is 10.9 Å². The van der Waals surface area contributed by atoms with Gasteiger partial charge in [-0.2, -0.15) is 4.72 Å². The Bertz CT molecular complexity index is 1320. The van der Waals surface area contributed by atoms with E-state index in [9.17, 15) is 8.42 Å². The van der Waals surface area contributed by atoms with Gasteiger partial charge < -0.3 is 4.98 Å². The Balaban J connectivity index is 1.91. The summed E-state index contributed by atoms with van der Waals surface area (Å²) >= 11 is 0. The molecule has 0 bridgehead atoms. The first-order chi connectivity index (χ1) is 14.3. The molecule has 2 N–H and O–H groups in total. The molecule has 1 atom stereocenters. The monoisotopic (exact) mass is 418 g/mol. The summed E-state index contributed by atoms with van der Waals surface area (Å²) in [6.45, 7) is 8.01. The van der Waals surface area contributed by atoms with E-state index in [0.29, 0.717) is 0 Å². The zero-order valence-electron chi connectivity index (χ0n) is 17.7. The lowest BCUT2D eigenvalue weighted by molar-refractivity contribution is 0.572. The van der Waals surface area contributed by atoms with Gasteiger partial charge in [-0.25, -0.2) is 8.42 Å². The lowest BCUT2D eigenvalue weighted by Gasteiger charge is -2.22. The van der Waals surface area contributed by atoms with Crippen LogP contribution in [0, 0.1) is 27.7 Å². The number of para-hydroxylation sites is 1. The quantitative estimate of drug-likeness (QED) is 0.451. The molecule has 30 heavy (non-hydrogen) atoms. The standard InChI is InChI=1S/C25H26N2O2S/c1-16-12-14-20(15-13-16)30(28,29)27-25(21-10-6-5-8-17(21)2)23-19(4)26-24-18(3)9-7-11-22(23)24/h5-15,25-27H,1-4H3. The van der Waals surface area contributed by atoms with E-state index in [1.165, 1.54) is 0 Å². The molecule has 0 aliphatic heterocycles. The minimum Gasteiger partial charge on any atom is -0.358 e. The van der Waals surface area contributed by atoms with Gasteiger partial charge in [0.15, 0.2) is 0 Å². The number of rotatable bonds is 5. The molecule has 4 nitrogen and oxygen atoms in total. The third-order valence-electron chi connectivity index (χ3n) is 5.67. The number of sulfonamides is 1. The van der Waals surface area contributed by atoms with E-state index < -0.39 is 16.1 Å². The smallest absolute Gasteiger partial charge is 0.241 e. The number of H-pyrrole nitrogens is 1. The van der Waals surface area contributed by atoms with Gasteiger partial charge in [-0.3, -0.25) is 0 Å². The Labute approximate surface area is 178 Å². The highest BCUT2D eigenvalue weighted by molar-refractivity contribution is 7.89. The third-order valence-corrected chi connectivity index (χ3v) is 7.11. The molecule has 154 valence electrons. The molecule has 3 aromatic carbocycles. The van der Waals surface area contributed by atoms with Gasteiger partial charge in [0.25, 0.3) is 0 Å². The molecule has 0 saturated heterocycles. The number of hydrogen-bond donors (Lipinski definition) is 2. The Hall–Kier alpha value is -2.89. The minimum atomic E-state index is -3.73. The van der Waals surface area contributed by atoms with Crippen molar-refractivity contribution >= 4 is 20.9 Å². The Morgan fingerprint density at radius 2 is 1.47 bits per heavy atom. The van der Waals surface area contributed by atoms with E-state index in [4.69, 9.17) is 0 Å². The highest BCUT2D eigenvalue weighted by atomic mass is 32.2. The average molecular weight is 419 g/mol. The van der Waals surface area contributed by atoms with Gasteiger partial charge in [-0.1, -0.05) is 60.2 Å². The average Bonchev–Trinajstić information content (AvgIpc) is 3.04. The van der Waals surface area contributed by atoms with Crippen LogP contribution >= 0.6 is 0 Å². The summed E-state index contributed by atoms with van der Waals surface area (Å²) in [5.74, 6) is 0. The number of benzene rings is 3. The van der Waals surface area contributed by atoms with Crippen molar-refractivity contribution in [3.05, 3.63) is 100 Å². The van der Waals surface area contributed by atoms with Crippen molar-refractivity contribution in [1.82, 2.24) is 9.71 Å².